The molecule has 3 N–H and O–H groups in total. The monoisotopic (exact) mass is 401 g/mol. The fraction of sp³-hybridized carbons (Fsp3) is 0.333. The maximum absolute atomic E-state index is 12.6. The number of ether oxygens (including phenoxy) is 1. The smallest absolute Gasteiger partial charge is 0.246 e. The number of hydrogen-bond acceptors (Lipinski definition) is 4. The van der Waals surface area contributed by atoms with E-state index in [1.165, 1.54) is 7.11 Å². The molecule has 0 spiro atoms. The highest BCUT2D eigenvalue weighted by molar-refractivity contribution is 6.31. The lowest BCUT2D eigenvalue weighted by molar-refractivity contribution is -0.117. The second-order valence-electron chi connectivity index (χ2n) is 7.00. The van der Waals surface area contributed by atoms with Crippen LogP contribution < -0.4 is 20.7 Å². The van der Waals surface area contributed by atoms with Crippen molar-refractivity contribution in [2.75, 3.05) is 23.1 Å². The molecule has 28 heavy (non-hydrogen) atoms. The van der Waals surface area contributed by atoms with Crippen LogP contribution in [0.4, 0.5) is 17.1 Å². The van der Waals surface area contributed by atoms with Gasteiger partial charge < -0.3 is 20.7 Å². The average Bonchev–Trinajstić information content (AvgIpc) is 3.51. The summed E-state index contributed by atoms with van der Waals surface area (Å²) in [5.74, 6) is 0.536. The molecule has 1 saturated carbocycles. The zero-order valence-electron chi connectivity index (χ0n) is 16.1. The minimum atomic E-state index is -0.479. The summed E-state index contributed by atoms with van der Waals surface area (Å²) in [7, 11) is 1.53. The van der Waals surface area contributed by atoms with Crippen molar-refractivity contribution in [2.24, 2.45) is 5.92 Å². The molecule has 0 unspecified atom stereocenters. The number of aryl methyl sites for hydroxylation is 1. The SMILES string of the molecule is COc1cc(Cl)c(C)cc1NC(=O)[C@@H](C)Nc1ccc(NC(=O)C2CC2)cc1. The maximum atomic E-state index is 12.6. The molecule has 1 aliphatic rings. The molecule has 1 atom stereocenters. The Morgan fingerprint density at radius 2 is 1.75 bits per heavy atom. The Hall–Kier alpha value is -2.73. The number of halogens is 1. The summed E-state index contributed by atoms with van der Waals surface area (Å²) in [5.41, 5.74) is 2.95. The molecule has 0 aliphatic heterocycles. The highest BCUT2D eigenvalue weighted by atomic mass is 35.5. The molecular formula is C21H24ClN3O3. The molecule has 0 saturated heterocycles. The van der Waals surface area contributed by atoms with Gasteiger partial charge in [0, 0.05) is 28.4 Å². The first kappa shape index (κ1) is 20.0. The number of rotatable bonds is 7. The molecule has 1 fully saturated rings. The molecule has 6 nitrogen and oxygen atoms in total. The predicted octanol–water partition coefficient (Wildman–Crippen LogP) is 4.44. The molecule has 0 radical (unpaired) electrons. The highest BCUT2D eigenvalue weighted by Gasteiger charge is 2.29. The van der Waals surface area contributed by atoms with E-state index in [9.17, 15) is 9.59 Å². The van der Waals surface area contributed by atoms with Crippen LogP contribution in [0.1, 0.15) is 25.3 Å². The third kappa shape index (κ3) is 4.95. The van der Waals surface area contributed by atoms with Gasteiger partial charge >= 0.3 is 0 Å². The molecule has 0 aromatic heterocycles. The van der Waals surface area contributed by atoms with Gasteiger partial charge in [-0.05, 0) is 62.6 Å². The van der Waals surface area contributed by atoms with Gasteiger partial charge in [0.25, 0.3) is 0 Å². The number of carbonyl (C=O) groups is 2. The molecule has 2 amide bonds. The second kappa shape index (κ2) is 8.52. The van der Waals surface area contributed by atoms with Crippen LogP contribution in [0.5, 0.6) is 5.75 Å². The lowest BCUT2D eigenvalue weighted by atomic mass is 10.2. The van der Waals surface area contributed by atoms with E-state index >= 15 is 0 Å². The lowest BCUT2D eigenvalue weighted by Gasteiger charge is -2.17. The van der Waals surface area contributed by atoms with Crippen LogP contribution >= 0.6 is 11.6 Å². The van der Waals surface area contributed by atoms with Gasteiger partial charge in [-0.25, -0.2) is 0 Å². The van der Waals surface area contributed by atoms with Crippen LogP contribution in [0.3, 0.4) is 0 Å². The zero-order chi connectivity index (χ0) is 20.3. The van der Waals surface area contributed by atoms with E-state index in [-0.39, 0.29) is 17.7 Å². The molecule has 2 aromatic carbocycles. The van der Waals surface area contributed by atoms with Gasteiger partial charge in [0.05, 0.1) is 12.8 Å². The molecule has 1 aliphatic carbocycles. The van der Waals surface area contributed by atoms with Crippen molar-refractivity contribution in [3.63, 3.8) is 0 Å². The first-order valence-corrected chi connectivity index (χ1v) is 9.57. The van der Waals surface area contributed by atoms with Crippen molar-refractivity contribution in [1.29, 1.82) is 0 Å². The van der Waals surface area contributed by atoms with Gasteiger partial charge in [-0.15, -0.1) is 0 Å². The Balaban J connectivity index is 1.59. The fourth-order valence-electron chi connectivity index (χ4n) is 2.73. The van der Waals surface area contributed by atoms with Gasteiger partial charge in [0.1, 0.15) is 11.8 Å². The fourth-order valence-corrected chi connectivity index (χ4v) is 2.88. The topological polar surface area (TPSA) is 79.5 Å². The molecule has 148 valence electrons. The Labute approximate surface area is 169 Å². The number of anilines is 3. The molecule has 3 rings (SSSR count). The summed E-state index contributed by atoms with van der Waals surface area (Å²) in [4.78, 5) is 24.4. The number of methoxy groups -OCH3 is 1. The van der Waals surface area contributed by atoms with Crippen molar-refractivity contribution >= 4 is 40.5 Å². The van der Waals surface area contributed by atoms with Crippen molar-refractivity contribution in [1.82, 2.24) is 0 Å². The third-order valence-electron chi connectivity index (χ3n) is 4.62. The van der Waals surface area contributed by atoms with E-state index in [1.54, 1.807) is 19.1 Å². The summed E-state index contributed by atoms with van der Waals surface area (Å²) in [6, 6.07) is 10.3. The Morgan fingerprint density at radius 1 is 1.11 bits per heavy atom. The van der Waals surface area contributed by atoms with E-state index in [1.807, 2.05) is 31.2 Å². The predicted molar refractivity (Wildman–Crippen MR) is 112 cm³/mol. The van der Waals surface area contributed by atoms with Crippen LogP contribution in [0.25, 0.3) is 0 Å². The van der Waals surface area contributed by atoms with Crippen LogP contribution in [0, 0.1) is 12.8 Å². The van der Waals surface area contributed by atoms with Gasteiger partial charge in [-0.2, -0.15) is 0 Å². The van der Waals surface area contributed by atoms with Gasteiger partial charge in [0.15, 0.2) is 0 Å². The number of hydrogen-bond donors (Lipinski definition) is 3. The first-order chi connectivity index (χ1) is 13.4. The molecule has 7 heteroatoms. The van der Waals surface area contributed by atoms with Crippen molar-refractivity contribution in [3.05, 3.63) is 47.0 Å². The first-order valence-electron chi connectivity index (χ1n) is 9.20. The summed E-state index contributed by atoms with van der Waals surface area (Å²) < 4.78 is 5.29. The highest BCUT2D eigenvalue weighted by Crippen LogP contribution is 2.31. The Morgan fingerprint density at radius 3 is 2.36 bits per heavy atom. The van der Waals surface area contributed by atoms with Crippen LogP contribution in [0.2, 0.25) is 5.02 Å². The van der Waals surface area contributed by atoms with E-state index in [4.69, 9.17) is 16.3 Å². The largest absolute Gasteiger partial charge is 0.495 e. The van der Waals surface area contributed by atoms with E-state index in [2.05, 4.69) is 16.0 Å². The summed E-state index contributed by atoms with van der Waals surface area (Å²) in [5, 5.41) is 9.48. The average molecular weight is 402 g/mol. The Bertz CT molecular complexity index is 879. The van der Waals surface area contributed by atoms with Crippen molar-refractivity contribution < 1.29 is 14.3 Å². The van der Waals surface area contributed by atoms with E-state index in [0.717, 1.165) is 29.8 Å². The van der Waals surface area contributed by atoms with Crippen molar-refractivity contribution in [3.8, 4) is 5.75 Å². The number of benzene rings is 2. The maximum Gasteiger partial charge on any atom is 0.246 e. The van der Waals surface area contributed by atoms with Crippen LogP contribution in [-0.2, 0) is 9.59 Å². The number of amides is 2. The Kier molecular flexibility index (Phi) is 6.09. The summed E-state index contributed by atoms with van der Waals surface area (Å²) in [6.07, 6.45) is 1.94. The summed E-state index contributed by atoms with van der Waals surface area (Å²) in [6.45, 7) is 3.63. The van der Waals surface area contributed by atoms with Crippen molar-refractivity contribution in [2.45, 2.75) is 32.7 Å². The molecule has 0 bridgehead atoms. The normalized spacial score (nSPS) is 14.1. The molecule has 0 heterocycles. The number of carbonyl (C=O) groups excluding carboxylic acids is 2. The van der Waals surface area contributed by atoms with E-state index in [0.29, 0.717) is 16.5 Å². The van der Waals surface area contributed by atoms with Crippen LogP contribution in [0.15, 0.2) is 36.4 Å². The van der Waals surface area contributed by atoms with Gasteiger partial charge in [-0.3, -0.25) is 9.59 Å². The van der Waals surface area contributed by atoms with Gasteiger partial charge in [0.2, 0.25) is 11.8 Å². The molecular weight excluding hydrogens is 378 g/mol. The minimum Gasteiger partial charge on any atom is -0.495 e. The zero-order valence-corrected chi connectivity index (χ0v) is 16.9. The van der Waals surface area contributed by atoms with Gasteiger partial charge in [-0.1, -0.05) is 11.6 Å². The standard InChI is InChI=1S/C21H24ClN3O3/c1-12-10-18(19(28-3)11-17(12)22)25-20(26)13(2)23-15-6-8-16(9-7-15)24-21(27)14-4-5-14/h6-11,13-14,23H,4-5H2,1-3H3,(H,24,27)(H,25,26)/t13-/m1/s1. The number of nitrogens with one attached hydrogen (secondary N) is 3. The van der Waals surface area contributed by atoms with E-state index < -0.39 is 6.04 Å². The second-order valence-corrected chi connectivity index (χ2v) is 7.41. The lowest BCUT2D eigenvalue weighted by Crippen LogP contribution is -2.32. The minimum absolute atomic E-state index is 0.0701. The quantitative estimate of drug-likeness (QED) is 0.640. The third-order valence-corrected chi connectivity index (χ3v) is 5.02. The van der Waals surface area contributed by atoms with Crippen LogP contribution in [-0.4, -0.2) is 25.0 Å². The summed E-state index contributed by atoms with van der Waals surface area (Å²) >= 11 is 6.10. The molecule has 2 aromatic rings.